The van der Waals surface area contributed by atoms with E-state index in [1.54, 1.807) is 0 Å². The van der Waals surface area contributed by atoms with Crippen LogP contribution in [-0.4, -0.2) is 61.4 Å². The molecule has 0 aromatic carbocycles. The van der Waals surface area contributed by atoms with Crippen molar-refractivity contribution in [3.05, 3.63) is 0 Å². The quantitative estimate of drug-likeness (QED) is 0.293. The minimum atomic E-state index is -0.833. The normalized spacial score (nSPS) is 14.9. The van der Waals surface area contributed by atoms with E-state index in [0.29, 0.717) is 10.9 Å². The number of aliphatic carboxylic acids is 1. The van der Waals surface area contributed by atoms with Crippen LogP contribution in [0.5, 0.6) is 0 Å². The third-order valence-electron chi connectivity index (χ3n) is 5.07. The Morgan fingerprint density at radius 3 is 1.57 bits per heavy atom. The largest absolute Gasteiger partial charge is 0.476 e. The van der Waals surface area contributed by atoms with Crippen molar-refractivity contribution in [3.8, 4) is 0 Å². The summed E-state index contributed by atoms with van der Waals surface area (Å²) < 4.78 is 0.423. The van der Waals surface area contributed by atoms with E-state index in [0.717, 1.165) is 12.8 Å². The standard InChI is InChI=1S/C19H40N2O2/c1-7-8-9-10-11-12-13-14-15-16-17-19(18(22)23,20(2)3)21(4,5)6/h7-17H2,1-6H3/p+1. The lowest BCUT2D eigenvalue weighted by molar-refractivity contribution is -0.927. The molecule has 4 heteroatoms. The highest BCUT2D eigenvalue weighted by Crippen LogP contribution is 2.29. The Hall–Kier alpha value is -0.610. The van der Waals surface area contributed by atoms with Gasteiger partial charge >= 0.3 is 5.97 Å². The molecule has 0 bridgehead atoms. The summed E-state index contributed by atoms with van der Waals surface area (Å²) in [6.07, 6.45) is 13.5. The van der Waals surface area contributed by atoms with E-state index < -0.39 is 11.6 Å². The van der Waals surface area contributed by atoms with E-state index in [-0.39, 0.29) is 0 Å². The second kappa shape index (κ2) is 11.0. The lowest BCUT2D eigenvalue weighted by Gasteiger charge is -2.46. The van der Waals surface area contributed by atoms with Gasteiger partial charge in [0.15, 0.2) is 0 Å². The van der Waals surface area contributed by atoms with Crippen molar-refractivity contribution >= 4 is 5.97 Å². The summed E-state index contributed by atoms with van der Waals surface area (Å²) >= 11 is 0. The van der Waals surface area contributed by atoms with Gasteiger partial charge in [-0.1, -0.05) is 64.7 Å². The van der Waals surface area contributed by atoms with Crippen LogP contribution in [0, 0.1) is 0 Å². The van der Waals surface area contributed by atoms with Gasteiger partial charge in [-0.15, -0.1) is 0 Å². The number of carbonyl (C=O) groups is 1. The SMILES string of the molecule is CCCCCCCCCCCCC(C(=O)O)(N(C)C)[N+](C)(C)C. The first-order valence-electron chi connectivity index (χ1n) is 9.42. The number of unbranched alkanes of at least 4 members (excludes halogenated alkanes) is 9. The van der Waals surface area contributed by atoms with Crippen molar-refractivity contribution in [1.82, 2.24) is 4.90 Å². The van der Waals surface area contributed by atoms with Gasteiger partial charge in [0.1, 0.15) is 0 Å². The van der Waals surface area contributed by atoms with Gasteiger partial charge in [-0.3, -0.25) is 0 Å². The van der Waals surface area contributed by atoms with Crippen molar-refractivity contribution in [2.75, 3.05) is 35.2 Å². The smallest absolute Gasteiger partial charge is 0.382 e. The van der Waals surface area contributed by atoms with E-state index in [9.17, 15) is 9.90 Å². The van der Waals surface area contributed by atoms with Gasteiger partial charge < -0.3 is 9.59 Å². The molecule has 0 heterocycles. The lowest BCUT2D eigenvalue weighted by atomic mass is 9.96. The summed E-state index contributed by atoms with van der Waals surface area (Å²) in [7, 11) is 9.70. The van der Waals surface area contributed by atoms with Crippen molar-refractivity contribution < 1.29 is 14.4 Å². The molecule has 1 atom stereocenters. The Morgan fingerprint density at radius 2 is 1.26 bits per heavy atom. The van der Waals surface area contributed by atoms with Gasteiger partial charge in [0.05, 0.1) is 21.1 Å². The zero-order valence-corrected chi connectivity index (χ0v) is 16.5. The van der Waals surface area contributed by atoms with Crippen LogP contribution in [0.4, 0.5) is 0 Å². The summed E-state index contributed by atoms with van der Waals surface area (Å²) in [5.74, 6) is -0.717. The fraction of sp³-hybridized carbons (Fsp3) is 0.947. The Morgan fingerprint density at radius 1 is 0.870 bits per heavy atom. The average molecular weight is 330 g/mol. The number of rotatable bonds is 14. The molecule has 0 spiro atoms. The molecule has 1 N–H and O–H groups in total. The van der Waals surface area contributed by atoms with Crippen LogP contribution in [0.1, 0.15) is 77.6 Å². The van der Waals surface area contributed by atoms with E-state index in [2.05, 4.69) is 6.92 Å². The van der Waals surface area contributed by atoms with Gasteiger partial charge in [0.25, 0.3) is 5.66 Å². The number of hydrogen-bond acceptors (Lipinski definition) is 2. The van der Waals surface area contributed by atoms with Crippen molar-refractivity contribution in [3.63, 3.8) is 0 Å². The lowest BCUT2D eigenvalue weighted by Crippen LogP contribution is -2.69. The Kier molecular flexibility index (Phi) is 10.7. The van der Waals surface area contributed by atoms with Gasteiger partial charge in [-0.05, 0) is 20.5 Å². The monoisotopic (exact) mass is 329 g/mol. The molecular weight excluding hydrogens is 288 g/mol. The van der Waals surface area contributed by atoms with Crippen LogP contribution >= 0.6 is 0 Å². The molecule has 4 nitrogen and oxygen atoms in total. The average Bonchev–Trinajstić information content (AvgIpc) is 2.42. The van der Waals surface area contributed by atoms with Crippen LogP contribution < -0.4 is 0 Å². The Balaban J connectivity index is 4.09. The van der Waals surface area contributed by atoms with Crippen molar-refractivity contribution in [2.45, 2.75) is 83.2 Å². The minimum Gasteiger partial charge on any atom is -0.476 e. The predicted molar refractivity (Wildman–Crippen MR) is 98.5 cm³/mol. The molecular formula is C19H41N2O2+. The first-order chi connectivity index (χ1) is 10.7. The molecule has 0 radical (unpaired) electrons. The zero-order chi connectivity index (χ0) is 17.9. The maximum absolute atomic E-state index is 11.9. The summed E-state index contributed by atoms with van der Waals surface area (Å²) in [6, 6.07) is 0. The van der Waals surface area contributed by atoms with Crippen molar-refractivity contribution in [1.29, 1.82) is 0 Å². The Bertz CT molecular complexity index is 324. The Labute approximate surface area is 144 Å². The zero-order valence-electron chi connectivity index (χ0n) is 16.5. The molecule has 0 aromatic heterocycles. The summed E-state index contributed by atoms with van der Waals surface area (Å²) in [5, 5.41) is 9.82. The minimum absolute atomic E-state index is 0.423. The fourth-order valence-electron chi connectivity index (χ4n) is 3.60. The van der Waals surface area contributed by atoms with Crippen molar-refractivity contribution in [2.24, 2.45) is 0 Å². The molecule has 0 fully saturated rings. The second-order valence-electron chi connectivity index (χ2n) is 7.96. The molecule has 0 aliphatic heterocycles. The molecule has 0 rings (SSSR count). The molecule has 0 aliphatic rings. The highest BCUT2D eigenvalue weighted by molar-refractivity contribution is 5.76. The van der Waals surface area contributed by atoms with E-state index in [4.69, 9.17) is 0 Å². The number of nitrogens with zero attached hydrogens (tertiary/aromatic N) is 2. The van der Waals surface area contributed by atoms with Crippen LogP contribution in [0.2, 0.25) is 0 Å². The third kappa shape index (κ3) is 7.21. The molecule has 0 aromatic rings. The molecule has 138 valence electrons. The third-order valence-corrected chi connectivity index (χ3v) is 5.07. The van der Waals surface area contributed by atoms with Crippen LogP contribution in [0.25, 0.3) is 0 Å². The maximum Gasteiger partial charge on any atom is 0.382 e. The fourth-order valence-corrected chi connectivity index (χ4v) is 3.60. The summed E-state index contributed by atoms with van der Waals surface area (Å²) in [5.41, 5.74) is -0.833. The van der Waals surface area contributed by atoms with Crippen LogP contribution in [-0.2, 0) is 4.79 Å². The van der Waals surface area contributed by atoms with Gasteiger partial charge in [-0.25, -0.2) is 9.69 Å². The number of carboxylic acids is 1. The van der Waals surface area contributed by atoms with E-state index >= 15 is 0 Å². The van der Waals surface area contributed by atoms with E-state index in [1.807, 2.05) is 40.1 Å². The summed E-state index contributed by atoms with van der Waals surface area (Å²) in [4.78, 5) is 13.8. The van der Waals surface area contributed by atoms with Crippen LogP contribution in [0.3, 0.4) is 0 Å². The number of hydrogen-bond donors (Lipinski definition) is 1. The highest BCUT2D eigenvalue weighted by Gasteiger charge is 2.52. The van der Waals surface area contributed by atoms with Gasteiger partial charge in [0.2, 0.25) is 0 Å². The highest BCUT2D eigenvalue weighted by atomic mass is 16.4. The van der Waals surface area contributed by atoms with Crippen LogP contribution in [0.15, 0.2) is 0 Å². The second-order valence-corrected chi connectivity index (χ2v) is 7.96. The molecule has 0 aliphatic carbocycles. The molecule has 0 saturated carbocycles. The van der Waals surface area contributed by atoms with E-state index in [1.165, 1.54) is 51.4 Å². The molecule has 0 saturated heterocycles. The molecule has 0 amide bonds. The molecule has 1 unspecified atom stereocenters. The number of carboxylic acid groups (broad SMARTS) is 1. The van der Waals surface area contributed by atoms with Gasteiger partial charge in [-0.2, -0.15) is 0 Å². The first kappa shape index (κ1) is 22.4. The number of quaternary nitrogens is 1. The maximum atomic E-state index is 11.9. The summed E-state index contributed by atoms with van der Waals surface area (Å²) in [6.45, 7) is 2.25. The number of likely N-dealkylation sites (N-methyl/N-ethyl adjacent to an activating group) is 2. The first-order valence-corrected chi connectivity index (χ1v) is 9.42. The molecule has 23 heavy (non-hydrogen) atoms. The topological polar surface area (TPSA) is 40.5 Å². The predicted octanol–water partition coefficient (Wildman–Crippen LogP) is 4.35. The van der Waals surface area contributed by atoms with Gasteiger partial charge in [0, 0.05) is 6.42 Å².